The average Bonchev–Trinajstić information content (AvgIpc) is 2.36. The number of hydrogen-bond donors (Lipinski definition) is 0. The molecule has 3 radical (unpaired) electrons. The van der Waals surface area contributed by atoms with Crippen LogP contribution in [0.3, 0.4) is 0 Å². The van der Waals surface area contributed by atoms with Crippen molar-refractivity contribution in [1.29, 1.82) is 0 Å². The van der Waals surface area contributed by atoms with E-state index in [2.05, 4.69) is 0 Å². The van der Waals surface area contributed by atoms with Gasteiger partial charge in [0.15, 0.2) is 11.6 Å². The van der Waals surface area contributed by atoms with Crippen LogP contribution < -0.4 is 5.46 Å². The summed E-state index contributed by atoms with van der Waals surface area (Å²) in [6.45, 7) is 0. The van der Waals surface area contributed by atoms with Crippen molar-refractivity contribution in [3.8, 4) is 11.1 Å². The van der Waals surface area contributed by atoms with Crippen LogP contribution in [0.5, 0.6) is 0 Å². The summed E-state index contributed by atoms with van der Waals surface area (Å²) in [5.74, 6) is -6.15. The lowest BCUT2D eigenvalue weighted by atomic mass is 9.91. The van der Waals surface area contributed by atoms with Crippen molar-refractivity contribution in [3.63, 3.8) is 0 Å². The van der Waals surface area contributed by atoms with Gasteiger partial charge in [-0.1, -0.05) is 30.3 Å². The number of benzene rings is 2. The zero-order chi connectivity index (χ0) is 12.6. The van der Waals surface area contributed by atoms with E-state index >= 15 is 0 Å². The molecule has 0 aliphatic carbocycles. The first-order valence-corrected chi connectivity index (χ1v) is 4.71. The third kappa shape index (κ3) is 1.81. The van der Waals surface area contributed by atoms with Gasteiger partial charge in [0.1, 0.15) is 11.6 Å². The molecule has 0 saturated carbocycles. The van der Waals surface area contributed by atoms with Crippen LogP contribution in [0.1, 0.15) is 0 Å². The fraction of sp³-hybridized carbons (Fsp3) is 0. The second kappa shape index (κ2) is 4.24. The summed E-state index contributed by atoms with van der Waals surface area (Å²) in [7, 11) is 4.90. The van der Waals surface area contributed by atoms with E-state index in [4.69, 9.17) is 7.85 Å². The molecule has 0 aliphatic rings. The van der Waals surface area contributed by atoms with Gasteiger partial charge in [-0.15, -0.1) is 0 Å². The van der Waals surface area contributed by atoms with E-state index in [9.17, 15) is 17.6 Å². The van der Waals surface area contributed by atoms with E-state index in [1.54, 1.807) is 6.07 Å². The van der Waals surface area contributed by atoms with Gasteiger partial charge in [0, 0.05) is 0 Å². The van der Waals surface area contributed by atoms with E-state index in [-0.39, 0.29) is 5.56 Å². The Hall–Kier alpha value is -1.78. The Labute approximate surface area is 96.3 Å². The molecule has 0 heterocycles. The monoisotopic (exact) mass is 236 g/mol. The van der Waals surface area contributed by atoms with Crippen LogP contribution in [0.4, 0.5) is 17.6 Å². The molecular formula is C12H5BF4-. The molecule has 5 heteroatoms. The second-order valence-electron chi connectivity index (χ2n) is 3.41. The Kier molecular flexibility index (Phi) is 2.92. The molecule has 2 aromatic rings. The molecule has 0 unspecified atom stereocenters. The molecule has 0 saturated heterocycles. The van der Waals surface area contributed by atoms with Gasteiger partial charge in [0.25, 0.3) is 0 Å². The van der Waals surface area contributed by atoms with Crippen LogP contribution in [0.25, 0.3) is 11.1 Å². The molecule has 0 amide bonds. The molecule has 2 aromatic carbocycles. The van der Waals surface area contributed by atoms with E-state index in [1.165, 1.54) is 24.3 Å². The van der Waals surface area contributed by atoms with Crippen LogP contribution in [0, 0.1) is 23.3 Å². The first-order chi connectivity index (χ1) is 8.04. The Bertz CT molecular complexity index is 537. The van der Waals surface area contributed by atoms with E-state index in [1.807, 2.05) is 0 Å². The van der Waals surface area contributed by atoms with Gasteiger partial charge in [0.2, 0.25) is 0 Å². The van der Waals surface area contributed by atoms with Crippen molar-refractivity contribution in [2.75, 3.05) is 0 Å². The van der Waals surface area contributed by atoms with Crippen molar-refractivity contribution in [2.45, 2.75) is 0 Å². The molecule has 0 N–H and O–H groups in total. The Morgan fingerprint density at radius 1 is 0.706 bits per heavy atom. The van der Waals surface area contributed by atoms with Crippen LogP contribution in [-0.2, 0) is 0 Å². The Balaban J connectivity index is 2.80. The van der Waals surface area contributed by atoms with Crippen LogP contribution in [0.2, 0.25) is 0 Å². The highest BCUT2D eigenvalue weighted by molar-refractivity contribution is 6.32. The van der Waals surface area contributed by atoms with Crippen molar-refractivity contribution in [1.82, 2.24) is 0 Å². The highest BCUT2D eigenvalue weighted by atomic mass is 19.2. The van der Waals surface area contributed by atoms with Crippen LogP contribution in [0.15, 0.2) is 30.3 Å². The standard InChI is InChI=1S/C12H5BF4/c13-8-11(16)9(14)7(10(15)12(8)17)6-4-2-1-3-5-6/h1-5H/q-1. The Morgan fingerprint density at radius 3 is 1.65 bits per heavy atom. The van der Waals surface area contributed by atoms with Crippen molar-refractivity contribution in [3.05, 3.63) is 53.6 Å². The molecule has 0 spiro atoms. The zero-order valence-corrected chi connectivity index (χ0v) is 8.48. The first-order valence-electron chi connectivity index (χ1n) is 4.71. The third-order valence-electron chi connectivity index (χ3n) is 2.36. The summed E-state index contributed by atoms with van der Waals surface area (Å²) in [4.78, 5) is 0. The third-order valence-corrected chi connectivity index (χ3v) is 2.36. The number of halogens is 4. The summed E-state index contributed by atoms with van der Waals surface area (Å²) in [6.07, 6.45) is 0. The molecular weight excluding hydrogens is 231 g/mol. The van der Waals surface area contributed by atoms with Crippen molar-refractivity contribution >= 4 is 13.3 Å². The second-order valence-corrected chi connectivity index (χ2v) is 3.41. The summed E-state index contributed by atoms with van der Waals surface area (Å²) in [5, 5.41) is 0. The first kappa shape index (κ1) is 11.7. The highest BCUT2D eigenvalue weighted by Gasteiger charge is 2.19. The van der Waals surface area contributed by atoms with E-state index < -0.39 is 34.3 Å². The molecule has 0 aliphatic heterocycles. The van der Waals surface area contributed by atoms with E-state index in [0.29, 0.717) is 0 Å². The van der Waals surface area contributed by atoms with Gasteiger partial charge in [-0.25, -0.2) is 23.0 Å². The molecule has 0 aromatic heterocycles. The normalized spacial score (nSPS) is 10.6. The SMILES string of the molecule is [B-]c1c(F)c(F)c(-c2ccccc2)c(F)c1F. The molecule has 17 heavy (non-hydrogen) atoms. The molecule has 0 bridgehead atoms. The van der Waals surface area contributed by atoms with Gasteiger partial charge in [-0.05, 0) is 5.56 Å². The molecule has 0 fully saturated rings. The molecule has 0 nitrogen and oxygen atoms in total. The average molecular weight is 236 g/mol. The zero-order valence-electron chi connectivity index (χ0n) is 8.48. The summed E-state index contributed by atoms with van der Waals surface area (Å²) in [6, 6.07) is 7.30. The van der Waals surface area contributed by atoms with Crippen LogP contribution >= 0.6 is 0 Å². The fourth-order valence-electron chi connectivity index (χ4n) is 1.51. The summed E-state index contributed by atoms with van der Waals surface area (Å²) >= 11 is 0. The van der Waals surface area contributed by atoms with Gasteiger partial charge in [-0.3, -0.25) is 0 Å². The predicted molar refractivity (Wildman–Crippen MR) is 57.1 cm³/mol. The summed E-state index contributed by atoms with van der Waals surface area (Å²) < 4.78 is 53.5. The van der Waals surface area contributed by atoms with Gasteiger partial charge >= 0.3 is 0 Å². The fourth-order valence-corrected chi connectivity index (χ4v) is 1.51. The molecule has 0 atom stereocenters. The number of rotatable bonds is 1. The lowest BCUT2D eigenvalue weighted by Crippen LogP contribution is -2.19. The highest BCUT2D eigenvalue weighted by Crippen LogP contribution is 2.28. The van der Waals surface area contributed by atoms with Gasteiger partial charge in [-0.2, -0.15) is 0 Å². The van der Waals surface area contributed by atoms with Crippen molar-refractivity contribution < 1.29 is 17.6 Å². The van der Waals surface area contributed by atoms with Gasteiger partial charge in [0.05, 0.1) is 5.56 Å². The maximum atomic E-state index is 13.5. The van der Waals surface area contributed by atoms with Gasteiger partial charge < -0.3 is 7.85 Å². The minimum atomic E-state index is -1.58. The van der Waals surface area contributed by atoms with Crippen LogP contribution in [-0.4, -0.2) is 7.85 Å². The maximum Gasteiger partial charge on any atom is 0.166 e. The summed E-state index contributed by atoms with van der Waals surface area (Å²) in [5.41, 5.74) is -1.87. The Morgan fingerprint density at radius 2 is 1.18 bits per heavy atom. The minimum Gasteiger partial charge on any atom is -0.572 e. The maximum absolute atomic E-state index is 13.5. The molecule has 85 valence electrons. The topological polar surface area (TPSA) is 0 Å². The minimum absolute atomic E-state index is 0.0419. The quantitative estimate of drug-likeness (QED) is 0.405. The number of hydrogen-bond acceptors (Lipinski definition) is 0. The predicted octanol–water partition coefficient (Wildman–Crippen LogP) is 2.70. The molecule has 2 rings (SSSR count). The lowest BCUT2D eigenvalue weighted by molar-refractivity contribution is 0.468. The largest absolute Gasteiger partial charge is 0.572 e. The smallest absolute Gasteiger partial charge is 0.166 e. The van der Waals surface area contributed by atoms with Crippen molar-refractivity contribution in [2.24, 2.45) is 0 Å². The lowest BCUT2D eigenvalue weighted by Gasteiger charge is -2.16. The van der Waals surface area contributed by atoms with E-state index in [0.717, 1.165) is 0 Å².